The molecule has 0 aliphatic rings. The first-order chi connectivity index (χ1) is 7.33. The van der Waals surface area contributed by atoms with Gasteiger partial charge in [0.25, 0.3) is 0 Å². The summed E-state index contributed by atoms with van der Waals surface area (Å²) >= 11 is 0. The summed E-state index contributed by atoms with van der Waals surface area (Å²) in [5.41, 5.74) is 2.11. The fourth-order valence-electron chi connectivity index (χ4n) is 1.68. The summed E-state index contributed by atoms with van der Waals surface area (Å²) in [4.78, 5) is 0. The van der Waals surface area contributed by atoms with Crippen molar-refractivity contribution < 1.29 is 4.42 Å². The van der Waals surface area contributed by atoms with Crippen LogP contribution in [0.2, 0.25) is 0 Å². The predicted molar refractivity (Wildman–Crippen MR) is 59.5 cm³/mol. The Morgan fingerprint density at radius 2 is 2.20 bits per heavy atom. The van der Waals surface area contributed by atoms with Crippen molar-refractivity contribution in [1.82, 2.24) is 0 Å². The van der Waals surface area contributed by atoms with Crippen LogP contribution in [0, 0.1) is 11.3 Å². The highest BCUT2D eigenvalue weighted by molar-refractivity contribution is 5.79. The van der Waals surface area contributed by atoms with Crippen LogP contribution in [0.1, 0.15) is 31.1 Å². The van der Waals surface area contributed by atoms with E-state index in [1.54, 1.807) is 6.07 Å². The first-order valence-electron chi connectivity index (χ1n) is 5.26. The maximum atomic E-state index is 8.71. The van der Waals surface area contributed by atoms with Crippen molar-refractivity contribution >= 4 is 11.0 Å². The Hall–Kier alpha value is -1.75. The van der Waals surface area contributed by atoms with E-state index in [4.69, 9.17) is 9.68 Å². The van der Waals surface area contributed by atoms with Gasteiger partial charge in [-0.25, -0.2) is 0 Å². The molecule has 15 heavy (non-hydrogen) atoms. The third kappa shape index (κ3) is 2.02. The Kier molecular flexibility index (Phi) is 2.73. The summed E-state index contributed by atoms with van der Waals surface area (Å²) < 4.78 is 5.32. The van der Waals surface area contributed by atoms with Crippen molar-refractivity contribution in [2.24, 2.45) is 0 Å². The normalized spacial score (nSPS) is 10.4. The average molecular weight is 199 g/mol. The van der Waals surface area contributed by atoms with Crippen LogP contribution in [0.4, 0.5) is 0 Å². The number of nitriles is 1. The van der Waals surface area contributed by atoms with E-state index in [0.29, 0.717) is 5.76 Å². The van der Waals surface area contributed by atoms with Gasteiger partial charge in [0.15, 0.2) is 0 Å². The van der Waals surface area contributed by atoms with Crippen LogP contribution >= 0.6 is 0 Å². The zero-order valence-electron chi connectivity index (χ0n) is 8.79. The van der Waals surface area contributed by atoms with Crippen LogP contribution in [-0.4, -0.2) is 0 Å². The number of rotatable bonds is 3. The molecule has 1 heterocycles. The van der Waals surface area contributed by atoms with Crippen LogP contribution in [0.5, 0.6) is 0 Å². The molecule has 2 heteroatoms. The monoisotopic (exact) mass is 199 g/mol. The summed E-state index contributed by atoms with van der Waals surface area (Å²) in [5.74, 6) is 0.387. The van der Waals surface area contributed by atoms with Gasteiger partial charge < -0.3 is 4.42 Å². The Morgan fingerprint density at radius 1 is 1.33 bits per heavy atom. The molecule has 0 N–H and O–H groups in total. The topological polar surface area (TPSA) is 36.9 Å². The first kappa shape index (κ1) is 9.79. The van der Waals surface area contributed by atoms with Gasteiger partial charge in [0.2, 0.25) is 5.76 Å². The zero-order chi connectivity index (χ0) is 10.7. The molecule has 0 unspecified atom stereocenters. The minimum absolute atomic E-state index is 0.387. The fourth-order valence-corrected chi connectivity index (χ4v) is 1.68. The van der Waals surface area contributed by atoms with Crippen molar-refractivity contribution in [1.29, 1.82) is 5.26 Å². The highest BCUT2D eigenvalue weighted by atomic mass is 16.3. The number of furan rings is 1. The lowest BCUT2D eigenvalue weighted by atomic mass is 10.1. The Morgan fingerprint density at radius 3 is 2.93 bits per heavy atom. The smallest absolute Gasteiger partial charge is 0.204 e. The molecule has 0 fully saturated rings. The van der Waals surface area contributed by atoms with E-state index in [0.717, 1.165) is 17.4 Å². The molecule has 0 bridgehead atoms. The van der Waals surface area contributed by atoms with Crippen LogP contribution in [0.3, 0.4) is 0 Å². The lowest BCUT2D eigenvalue weighted by molar-refractivity contribution is 0.599. The van der Waals surface area contributed by atoms with E-state index in [1.165, 1.54) is 18.4 Å². The van der Waals surface area contributed by atoms with E-state index in [-0.39, 0.29) is 0 Å². The summed E-state index contributed by atoms with van der Waals surface area (Å²) in [6, 6.07) is 9.93. The number of hydrogen-bond acceptors (Lipinski definition) is 2. The van der Waals surface area contributed by atoms with Gasteiger partial charge in [-0.05, 0) is 30.5 Å². The third-order valence-electron chi connectivity index (χ3n) is 2.51. The molecule has 76 valence electrons. The molecule has 2 nitrogen and oxygen atoms in total. The molecule has 0 aliphatic carbocycles. The standard InChI is InChI=1S/C13H13NO/c1-2-3-4-10-5-6-13-11(7-10)8-12(9-14)15-13/h5-8H,2-4H2,1H3. The van der Waals surface area contributed by atoms with E-state index < -0.39 is 0 Å². The molecular weight excluding hydrogens is 186 g/mol. The lowest BCUT2D eigenvalue weighted by Gasteiger charge is -1.98. The minimum atomic E-state index is 0.387. The van der Waals surface area contributed by atoms with E-state index in [1.807, 2.05) is 12.1 Å². The Balaban J connectivity index is 2.34. The Bertz CT molecular complexity index is 505. The Labute approximate surface area is 89.1 Å². The van der Waals surface area contributed by atoms with E-state index in [2.05, 4.69) is 19.1 Å². The zero-order valence-corrected chi connectivity index (χ0v) is 8.79. The minimum Gasteiger partial charge on any atom is -0.446 e. The molecule has 0 amide bonds. The number of nitrogens with zero attached hydrogens (tertiary/aromatic N) is 1. The summed E-state index contributed by atoms with van der Waals surface area (Å²) in [7, 11) is 0. The number of hydrogen-bond donors (Lipinski definition) is 0. The van der Waals surface area contributed by atoms with Crippen molar-refractivity contribution in [2.75, 3.05) is 0 Å². The van der Waals surface area contributed by atoms with Gasteiger partial charge in [0.1, 0.15) is 11.7 Å². The lowest BCUT2D eigenvalue weighted by Crippen LogP contribution is -1.82. The quantitative estimate of drug-likeness (QED) is 0.756. The third-order valence-corrected chi connectivity index (χ3v) is 2.51. The van der Waals surface area contributed by atoms with Gasteiger partial charge in [0.05, 0.1) is 0 Å². The van der Waals surface area contributed by atoms with E-state index in [9.17, 15) is 0 Å². The van der Waals surface area contributed by atoms with Gasteiger partial charge in [-0.2, -0.15) is 5.26 Å². The predicted octanol–water partition coefficient (Wildman–Crippen LogP) is 3.65. The number of fused-ring (bicyclic) bond motifs is 1. The largest absolute Gasteiger partial charge is 0.446 e. The second-order valence-corrected chi connectivity index (χ2v) is 3.70. The summed E-state index contributed by atoms with van der Waals surface area (Å²) in [6.45, 7) is 2.18. The molecule has 2 rings (SSSR count). The van der Waals surface area contributed by atoms with Crippen molar-refractivity contribution in [3.63, 3.8) is 0 Å². The first-order valence-corrected chi connectivity index (χ1v) is 5.26. The number of unbranched alkanes of at least 4 members (excludes halogenated alkanes) is 1. The molecule has 0 saturated heterocycles. The second-order valence-electron chi connectivity index (χ2n) is 3.70. The maximum Gasteiger partial charge on any atom is 0.204 e. The van der Waals surface area contributed by atoms with Crippen LogP contribution < -0.4 is 0 Å². The van der Waals surface area contributed by atoms with Gasteiger partial charge in [-0.1, -0.05) is 19.4 Å². The molecule has 0 atom stereocenters. The van der Waals surface area contributed by atoms with Crippen LogP contribution in [0.15, 0.2) is 28.7 Å². The molecule has 0 aliphatic heterocycles. The summed E-state index contributed by atoms with van der Waals surface area (Å²) in [6.07, 6.45) is 3.50. The average Bonchev–Trinajstić information content (AvgIpc) is 2.68. The SMILES string of the molecule is CCCCc1ccc2oc(C#N)cc2c1. The molecular formula is C13H13NO. The van der Waals surface area contributed by atoms with Crippen molar-refractivity contribution in [3.05, 3.63) is 35.6 Å². The molecule has 0 radical (unpaired) electrons. The summed E-state index contributed by atoms with van der Waals surface area (Å²) in [5, 5.41) is 9.73. The fraction of sp³-hybridized carbons (Fsp3) is 0.308. The molecule has 2 aromatic rings. The van der Waals surface area contributed by atoms with Crippen molar-refractivity contribution in [3.8, 4) is 6.07 Å². The highest BCUT2D eigenvalue weighted by Gasteiger charge is 2.03. The second kappa shape index (κ2) is 4.18. The van der Waals surface area contributed by atoms with E-state index >= 15 is 0 Å². The van der Waals surface area contributed by atoms with Gasteiger partial charge in [-0.3, -0.25) is 0 Å². The highest BCUT2D eigenvalue weighted by Crippen LogP contribution is 2.21. The molecule has 0 saturated carbocycles. The van der Waals surface area contributed by atoms with Gasteiger partial charge in [-0.15, -0.1) is 0 Å². The van der Waals surface area contributed by atoms with Crippen molar-refractivity contribution in [2.45, 2.75) is 26.2 Å². The molecule has 1 aromatic heterocycles. The number of benzene rings is 1. The molecule has 1 aromatic carbocycles. The van der Waals surface area contributed by atoms with Crippen LogP contribution in [-0.2, 0) is 6.42 Å². The van der Waals surface area contributed by atoms with Gasteiger partial charge >= 0.3 is 0 Å². The van der Waals surface area contributed by atoms with Crippen LogP contribution in [0.25, 0.3) is 11.0 Å². The van der Waals surface area contributed by atoms with Gasteiger partial charge in [0, 0.05) is 11.5 Å². The number of aryl methyl sites for hydroxylation is 1. The molecule has 0 spiro atoms. The maximum absolute atomic E-state index is 8.71.